The van der Waals surface area contributed by atoms with Gasteiger partial charge in [0.2, 0.25) is 5.91 Å². The molecule has 7 nitrogen and oxygen atoms in total. The molecular formula is C25H31N3O4. The Morgan fingerprint density at radius 3 is 2.34 bits per heavy atom. The highest BCUT2D eigenvalue weighted by molar-refractivity contribution is 6.08. The second-order valence-corrected chi connectivity index (χ2v) is 9.11. The Labute approximate surface area is 188 Å². The summed E-state index contributed by atoms with van der Waals surface area (Å²) < 4.78 is 5.35. The van der Waals surface area contributed by atoms with Crippen molar-refractivity contribution in [2.75, 3.05) is 38.1 Å². The molecule has 1 N–H and O–H groups in total. The second-order valence-electron chi connectivity index (χ2n) is 9.11. The zero-order valence-electron chi connectivity index (χ0n) is 18.8. The molecule has 0 bridgehead atoms. The van der Waals surface area contributed by atoms with E-state index in [4.69, 9.17) is 4.74 Å². The van der Waals surface area contributed by atoms with Gasteiger partial charge in [0.25, 0.3) is 5.91 Å². The number of carbonyl (C=O) groups is 3. The number of anilines is 1. The molecule has 1 saturated carbocycles. The maximum atomic E-state index is 13.5. The molecule has 1 saturated heterocycles. The molecule has 1 heterocycles. The van der Waals surface area contributed by atoms with Gasteiger partial charge in [0.05, 0.1) is 17.9 Å². The normalized spacial score (nSPS) is 16.7. The van der Waals surface area contributed by atoms with E-state index in [9.17, 15) is 14.4 Å². The van der Waals surface area contributed by atoms with Crippen LogP contribution >= 0.6 is 0 Å². The lowest BCUT2D eigenvalue weighted by Crippen LogP contribution is -2.38. The molecule has 170 valence electrons. The minimum atomic E-state index is -0.323. The SMILES string of the molecule is CC(C)COC(=O)N1CCCN(C(=O)c2cc3ccccc3cc2NC(=O)C2CC2)CC1. The monoisotopic (exact) mass is 437 g/mol. The van der Waals surface area contributed by atoms with Gasteiger partial charge >= 0.3 is 6.09 Å². The minimum Gasteiger partial charge on any atom is -0.449 e. The van der Waals surface area contributed by atoms with Crippen molar-refractivity contribution in [3.8, 4) is 0 Å². The predicted octanol–water partition coefficient (Wildman–Crippen LogP) is 4.13. The van der Waals surface area contributed by atoms with Crippen LogP contribution in [0.1, 0.15) is 43.5 Å². The predicted molar refractivity (Wildman–Crippen MR) is 124 cm³/mol. The van der Waals surface area contributed by atoms with Gasteiger partial charge in [0, 0.05) is 32.1 Å². The van der Waals surface area contributed by atoms with Crippen molar-refractivity contribution >= 4 is 34.4 Å². The maximum absolute atomic E-state index is 13.5. The van der Waals surface area contributed by atoms with Crippen molar-refractivity contribution in [2.45, 2.75) is 33.1 Å². The van der Waals surface area contributed by atoms with Crippen LogP contribution < -0.4 is 5.32 Å². The van der Waals surface area contributed by atoms with Crippen molar-refractivity contribution in [3.63, 3.8) is 0 Å². The van der Waals surface area contributed by atoms with Gasteiger partial charge in [-0.1, -0.05) is 38.1 Å². The first kappa shape index (κ1) is 22.1. The Balaban J connectivity index is 1.52. The van der Waals surface area contributed by atoms with Crippen LogP contribution in [0.25, 0.3) is 10.8 Å². The summed E-state index contributed by atoms with van der Waals surface area (Å²) in [5, 5.41) is 4.91. The lowest BCUT2D eigenvalue weighted by atomic mass is 10.0. The fraction of sp³-hybridized carbons (Fsp3) is 0.480. The quantitative estimate of drug-likeness (QED) is 0.763. The largest absolute Gasteiger partial charge is 0.449 e. The first-order valence-corrected chi connectivity index (χ1v) is 11.5. The van der Waals surface area contributed by atoms with Crippen LogP contribution in [0.2, 0.25) is 0 Å². The summed E-state index contributed by atoms with van der Waals surface area (Å²) >= 11 is 0. The fourth-order valence-electron chi connectivity index (χ4n) is 3.90. The molecule has 0 unspecified atom stereocenters. The van der Waals surface area contributed by atoms with Gasteiger partial charge in [0.15, 0.2) is 0 Å². The van der Waals surface area contributed by atoms with Crippen LogP contribution in [0.15, 0.2) is 36.4 Å². The van der Waals surface area contributed by atoms with E-state index in [0.29, 0.717) is 50.5 Å². The zero-order chi connectivity index (χ0) is 22.7. The Bertz CT molecular complexity index is 1020. The number of amides is 3. The van der Waals surface area contributed by atoms with E-state index in [0.717, 1.165) is 23.6 Å². The number of nitrogens with zero attached hydrogens (tertiary/aromatic N) is 2. The van der Waals surface area contributed by atoms with E-state index in [1.807, 2.05) is 50.2 Å². The van der Waals surface area contributed by atoms with Gasteiger partial charge in [-0.15, -0.1) is 0 Å². The standard InChI is InChI=1S/C25H31N3O4/c1-17(2)16-32-25(31)28-11-5-10-27(12-13-28)24(30)21-14-19-6-3-4-7-20(19)15-22(21)26-23(29)18-8-9-18/h3-4,6-7,14-15,17-18H,5,8-13,16H2,1-2H3,(H,26,29). The average molecular weight is 438 g/mol. The molecule has 0 spiro atoms. The highest BCUT2D eigenvalue weighted by Gasteiger charge is 2.31. The minimum absolute atomic E-state index is 0.0238. The Morgan fingerprint density at radius 2 is 1.66 bits per heavy atom. The van der Waals surface area contributed by atoms with Crippen LogP contribution in [0, 0.1) is 11.8 Å². The third kappa shape index (κ3) is 5.21. The van der Waals surface area contributed by atoms with Crippen LogP contribution in [0.4, 0.5) is 10.5 Å². The molecule has 4 rings (SSSR count). The van der Waals surface area contributed by atoms with E-state index >= 15 is 0 Å². The van der Waals surface area contributed by atoms with Gasteiger partial charge < -0.3 is 19.9 Å². The highest BCUT2D eigenvalue weighted by atomic mass is 16.6. The van der Waals surface area contributed by atoms with Crippen LogP contribution in [-0.2, 0) is 9.53 Å². The Hall–Kier alpha value is -3.09. The molecule has 3 amide bonds. The molecule has 2 aromatic rings. The summed E-state index contributed by atoms with van der Waals surface area (Å²) in [6.45, 7) is 6.36. The molecule has 2 fully saturated rings. The summed E-state index contributed by atoms with van der Waals surface area (Å²) in [4.78, 5) is 41.8. The van der Waals surface area contributed by atoms with Crippen LogP contribution in [0.3, 0.4) is 0 Å². The molecule has 1 aliphatic carbocycles. The molecule has 0 aromatic heterocycles. The number of fused-ring (bicyclic) bond motifs is 1. The van der Waals surface area contributed by atoms with Crippen molar-refractivity contribution in [3.05, 3.63) is 42.0 Å². The van der Waals surface area contributed by atoms with Crippen molar-refractivity contribution in [1.82, 2.24) is 9.80 Å². The van der Waals surface area contributed by atoms with Gasteiger partial charge in [-0.05, 0) is 48.1 Å². The lowest BCUT2D eigenvalue weighted by molar-refractivity contribution is -0.117. The Morgan fingerprint density at radius 1 is 1.00 bits per heavy atom. The molecule has 0 atom stereocenters. The first-order chi connectivity index (χ1) is 15.4. The van der Waals surface area contributed by atoms with Crippen molar-refractivity contribution in [2.24, 2.45) is 11.8 Å². The van der Waals surface area contributed by atoms with Crippen LogP contribution in [0.5, 0.6) is 0 Å². The number of hydrogen-bond donors (Lipinski definition) is 1. The molecule has 2 aromatic carbocycles. The van der Waals surface area contributed by atoms with E-state index in [1.54, 1.807) is 9.80 Å². The number of benzene rings is 2. The molecule has 32 heavy (non-hydrogen) atoms. The number of carbonyl (C=O) groups excluding carboxylic acids is 3. The molecule has 7 heteroatoms. The summed E-state index contributed by atoms with van der Waals surface area (Å²) in [6, 6.07) is 11.6. The third-order valence-corrected chi connectivity index (χ3v) is 5.90. The summed E-state index contributed by atoms with van der Waals surface area (Å²) in [5.41, 5.74) is 1.05. The van der Waals surface area contributed by atoms with Crippen molar-refractivity contribution in [1.29, 1.82) is 0 Å². The Kier molecular flexibility index (Phi) is 6.63. The summed E-state index contributed by atoms with van der Waals surface area (Å²) in [5.74, 6) is 0.178. The smallest absolute Gasteiger partial charge is 0.409 e. The number of ether oxygens (including phenoxy) is 1. The summed E-state index contributed by atoms with van der Waals surface area (Å²) in [6.07, 6.45) is 2.16. The zero-order valence-corrected chi connectivity index (χ0v) is 18.8. The van der Waals surface area contributed by atoms with Gasteiger partial charge in [-0.3, -0.25) is 9.59 Å². The van der Waals surface area contributed by atoms with Gasteiger partial charge in [-0.2, -0.15) is 0 Å². The van der Waals surface area contributed by atoms with E-state index in [2.05, 4.69) is 5.32 Å². The molecule has 2 aliphatic rings. The lowest BCUT2D eigenvalue weighted by Gasteiger charge is -2.23. The number of nitrogens with one attached hydrogen (secondary N) is 1. The van der Waals surface area contributed by atoms with E-state index in [1.165, 1.54) is 0 Å². The molecular weight excluding hydrogens is 406 g/mol. The number of rotatable bonds is 5. The highest BCUT2D eigenvalue weighted by Crippen LogP contribution is 2.32. The second kappa shape index (κ2) is 9.59. The van der Waals surface area contributed by atoms with Crippen LogP contribution in [-0.4, -0.2) is 60.5 Å². The average Bonchev–Trinajstić information content (AvgIpc) is 3.63. The first-order valence-electron chi connectivity index (χ1n) is 11.5. The third-order valence-electron chi connectivity index (χ3n) is 5.90. The van der Waals surface area contributed by atoms with Gasteiger partial charge in [-0.25, -0.2) is 4.79 Å². The van der Waals surface area contributed by atoms with Gasteiger partial charge in [0.1, 0.15) is 0 Å². The molecule has 1 aliphatic heterocycles. The van der Waals surface area contributed by atoms with E-state index < -0.39 is 0 Å². The summed E-state index contributed by atoms with van der Waals surface area (Å²) in [7, 11) is 0. The maximum Gasteiger partial charge on any atom is 0.409 e. The van der Waals surface area contributed by atoms with E-state index in [-0.39, 0.29) is 29.7 Å². The van der Waals surface area contributed by atoms with Crippen molar-refractivity contribution < 1.29 is 19.1 Å². The fourth-order valence-corrected chi connectivity index (χ4v) is 3.90. The number of hydrogen-bond acceptors (Lipinski definition) is 4. The topological polar surface area (TPSA) is 79.0 Å². The molecule has 0 radical (unpaired) electrons.